The highest BCUT2D eigenvalue weighted by Crippen LogP contribution is 2.20. The van der Waals surface area contributed by atoms with Crippen molar-refractivity contribution >= 4 is 0 Å². The van der Waals surface area contributed by atoms with Crippen molar-refractivity contribution in [3.05, 3.63) is 0 Å². The molecule has 0 bridgehead atoms. The van der Waals surface area contributed by atoms with Gasteiger partial charge in [0.1, 0.15) is 0 Å². The Balaban J connectivity index is 3.34. The van der Waals surface area contributed by atoms with Crippen molar-refractivity contribution in [2.24, 2.45) is 17.8 Å². The van der Waals surface area contributed by atoms with Crippen molar-refractivity contribution in [3.63, 3.8) is 0 Å². The molecule has 80 valence electrons. The van der Waals surface area contributed by atoms with Crippen LogP contribution in [0.4, 0.5) is 0 Å². The second kappa shape index (κ2) is 7.41. The van der Waals surface area contributed by atoms with Crippen LogP contribution in [-0.4, -0.2) is 0 Å². The van der Waals surface area contributed by atoms with Gasteiger partial charge in [-0.3, -0.25) is 0 Å². The molecule has 2 atom stereocenters. The van der Waals surface area contributed by atoms with Crippen molar-refractivity contribution in [1.82, 2.24) is 0 Å². The van der Waals surface area contributed by atoms with Gasteiger partial charge in [0, 0.05) is 0 Å². The molecule has 0 aromatic carbocycles. The maximum atomic E-state index is 2.41. The van der Waals surface area contributed by atoms with Gasteiger partial charge in [0.15, 0.2) is 0 Å². The van der Waals surface area contributed by atoms with Crippen LogP contribution in [-0.2, 0) is 0 Å². The molecule has 2 unspecified atom stereocenters. The minimum Gasteiger partial charge on any atom is -0.0651 e. The molecule has 0 radical (unpaired) electrons. The van der Waals surface area contributed by atoms with Crippen LogP contribution in [0.2, 0.25) is 0 Å². The van der Waals surface area contributed by atoms with Gasteiger partial charge >= 0.3 is 0 Å². The molecule has 0 heteroatoms. The summed E-state index contributed by atoms with van der Waals surface area (Å²) in [5.41, 5.74) is 0. The van der Waals surface area contributed by atoms with E-state index >= 15 is 0 Å². The third kappa shape index (κ3) is 8.33. The quantitative estimate of drug-likeness (QED) is 0.528. The molecule has 0 aromatic heterocycles. The fourth-order valence-corrected chi connectivity index (χ4v) is 1.54. The highest BCUT2D eigenvalue weighted by Gasteiger charge is 2.06. The Hall–Kier alpha value is 0. The van der Waals surface area contributed by atoms with Crippen LogP contribution in [0.15, 0.2) is 0 Å². The summed E-state index contributed by atoms with van der Waals surface area (Å²) in [6, 6.07) is 0. The first-order chi connectivity index (χ1) is 6.06. The van der Waals surface area contributed by atoms with E-state index in [0.717, 1.165) is 17.8 Å². The van der Waals surface area contributed by atoms with E-state index in [0.29, 0.717) is 0 Å². The lowest BCUT2D eigenvalue weighted by molar-refractivity contribution is 0.379. The first-order valence-corrected chi connectivity index (χ1v) is 6.06. The molecule has 0 saturated carbocycles. The van der Waals surface area contributed by atoms with Crippen molar-refractivity contribution in [2.45, 2.75) is 66.7 Å². The molecule has 0 aliphatic carbocycles. The smallest absolute Gasteiger partial charge is 0.0443 e. The normalized spacial score (nSPS) is 16.2. The highest BCUT2D eigenvalue weighted by atomic mass is 14.1. The Morgan fingerprint density at radius 2 is 1.15 bits per heavy atom. The van der Waals surface area contributed by atoms with E-state index in [1.165, 1.54) is 32.1 Å². The predicted molar refractivity (Wildman–Crippen MR) is 61.9 cm³/mol. The molecule has 13 heavy (non-hydrogen) atoms. The SMILES string of the molecule is CCC(C)CCC(C)CCC(C)C. The van der Waals surface area contributed by atoms with Crippen molar-refractivity contribution in [3.8, 4) is 0 Å². The lowest BCUT2D eigenvalue weighted by Crippen LogP contribution is -2.01. The molecule has 0 saturated heterocycles. The second-order valence-corrected chi connectivity index (χ2v) is 5.17. The minimum absolute atomic E-state index is 0.881. The summed E-state index contributed by atoms with van der Waals surface area (Å²) in [5, 5.41) is 0. The van der Waals surface area contributed by atoms with Gasteiger partial charge in [0.25, 0.3) is 0 Å². The van der Waals surface area contributed by atoms with Crippen LogP contribution >= 0.6 is 0 Å². The summed E-state index contributed by atoms with van der Waals surface area (Å²) in [7, 11) is 0. The van der Waals surface area contributed by atoms with E-state index in [1.54, 1.807) is 0 Å². The molecular weight excluding hydrogens is 156 g/mol. The van der Waals surface area contributed by atoms with Gasteiger partial charge < -0.3 is 0 Å². The van der Waals surface area contributed by atoms with Gasteiger partial charge in [-0.15, -0.1) is 0 Å². The van der Waals surface area contributed by atoms with E-state index in [1.807, 2.05) is 0 Å². The summed E-state index contributed by atoms with van der Waals surface area (Å²) in [6.07, 6.45) is 7.03. The lowest BCUT2D eigenvalue weighted by Gasteiger charge is -2.15. The van der Waals surface area contributed by atoms with E-state index in [9.17, 15) is 0 Å². The van der Waals surface area contributed by atoms with Crippen molar-refractivity contribution in [2.75, 3.05) is 0 Å². The topological polar surface area (TPSA) is 0 Å². The van der Waals surface area contributed by atoms with Gasteiger partial charge in [0.05, 0.1) is 0 Å². The average Bonchev–Trinajstić information content (AvgIpc) is 2.10. The number of hydrogen-bond donors (Lipinski definition) is 0. The van der Waals surface area contributed by atoms with Gasteiger partial charge in [-0.25, -0.2) is 0 Å². The Bertz CT molecular complexity index is 105. The van der Waals surface area contributed by atoms with Crippen LogP contribution in [0.25, 0.3) is 0 Å². The summed E-state index contributed by atoms with van der Waals surface area (Å²) >= 11 is 0. The van der Waals surface area contributed by atoms with Gasteiger partial charge in [-0.2, -0.15) is 0 Å². The number of hydrogen-bond acceptors (Lipinski definition) is 0. The molecule has 0 spiro atoms. The molecule has 0 rings (SSSR count). The Kier molecular flexibility index (Phi) is 7.41. The largest absolute Gasteiger partial charge is 0.0651 e. The number of rotatable bonds is 7. The molecule has 0 heterocycles. The van der Waals surface area contributed by atoms with E-state index < -0.39 is 0 Å². The van der Waals surface area contributed by atoms with Crippen LogP contribution in [0, 0.1) is 17.8 Å². The fourth-order valence-electron chi connectivity index (χ4n) is 1.54. The first kappa shape index (κ1) is 13.0. The third-order valence-electron chi connectivity index (χ3n) is 3.09. The molecule has 0 N–H and O–H groups in total. The molecule has 0 nitrogen and oxygen atoms in total. The molecular formula is C13H28. The Labute approximate surface area is 85.1 Å². The van der Waals surface area contributed by atoms with Crippen LogP contribution in [0.3, 0.4) is 0 Å². The zero-order valence-corrected chi connectivity index (χ0v) is 10.3. The summed E-state index contributed by atoms with van der Waals surface area (Å²) in [5.74, 6) is 2.75. The summed E-state index contributed by atoms with van der Waals surface area (Å²) < 4.78 is 0. The maximum Gasteiger partial charge on any atom is -0.0443 e. The van der Waals surface area contributed by atoms with E-state index in [2.05, 4.69) is 34.6 Å². The minimum atomic E-state index is 0.881. The van der Waals surface area contributed by atoms with Crippen LogP contribution in [0.1, 0.15) is 66.7 Å². The average molecular weight is 184 g/mol. The summed E-state index contributed by atoms with van der Waals surface area (Å²) in [6.45, 7) is 11.7. The highest BCUT2D eigenvalue weighted by molar-refractivity contribution is 4.58. The van der Waals surface area contributed by atoms with Crippen molar-refractivity contribution < 1.29 is 0 Å². The van der Waals surface area contributed by atoms with Gasteiger partial charge in [-0.05, 0) is 17.8 Å². The summed E-state index contributed by atoms with van der Waals surface area (Å²) in [4.78, 5) is 0. The van der Waals surface area contributed by atoms with Crippen LogP contribution < -0.4 is 0 Å². The van der Waals surface area contributed by atoms with Crippen molar-refractivity contribution in [1.29, 1.82) is 0 Å². The fraction of sp³-hybridized carbons (Fsp3) is 1.00. The van der Waals surface area contributed by atoms with E-state index in [4.69, 9.17) is 0 Å². The molecule has 0 aliphatic heterocycles. The maximum absolute atomic E-state index is 2.41. The van der Waals surface area contributed by atoms with Crippen LogP contribution in [0.5, 0.6) is 0 Å². The van der Waals surface area contributed by atoms with Gasteiger partial charge in [-0.1, -0.05) is 66.7 Å². The molecule has 0 fully saturated rings. The molecule has 0 aromatic rings. The lowest BCUT2D eigenvalue weighted by atomic mass is 9.91. The predicted octanol–water partition coefficient (Wildman–Crippen LogP) is 4.89. The Morgan fingerprint density at radius 3 is 1.62 bits per heavy atom. The molecule has 0 aliphatic rings. The standard InChI is InChI=1S/C13H28/c1-6-12(4)9-10-13(5)8-7-11(2)3/h11-13H,6-10H2,1-5H3. The Morgan fingerprint density at radius 1 is 0.692 bits per heavy atom. The van der Waals surface area contributed by atoms with E-state index in [-0.39, 0.29) is 0 Å². The molecule has 0 amide bonds. The zero-order valence-electron chi connectivity index (χ0n) is 10.3. The second-order valence-electron chi connectivity index (χ2n) is 5.17. The third-order valence-corrected chi connectivity index (χ3v) is 3.09. The zero-order chi connectivity index (χ0) is 10.3. The first-order valence-electron chi connectivity index (χ1n) is 6.06. The van der Waals surface area contributed by atoms with Gasteiger partial charge in [0.2, 0.25) is 0 Å². The monoisotopic (exact) mass is 184 g/mol.